The Morgan fingerprint density at radius 2 is 1.85 bits per heavy atom. The maximum atomic E-state index is 13.4. The van der Waals surface area contributed by atoms with Crippen molar-refractivity contribution in [1.29, 1.82) is 0 Å². The van der Waals surface area contributed by atoms with E-state index in [1.165, 1.54) is 5.56 Å². The number of hydrogen-bond donors (Lipinski definition) is 2. The second kappa shape index (κ2) is 7.39. The minimum absolute atomic E-state index is 0.0262. The molecule has 1 aliphatic carbocycles. The molecule has 2 aliphatic rings. The molecule has 5 heteroatoms. The second-order valence-corrected chi connectivity index (χ2v) is 8.59. The highest BCUT2D eigenvalue weighted by atomic mass is 16.2. The maximum absolute atomic E-state index is 13.4. The highest BCUT2D eigenvalue weighted by molar-refractivity contribution is 6.00. The average Bonchev–Trinajstić information content (AvgIpc) is 2.94. The van der Waals surface area contributed by atoms with Gasteiger partial charge in [-0.2, -0.15) is 0 Å². The lowest BCUT2D eigenvalue weighted by molar-refractivity contribution is -0.135. The van der Waals surface area contributed by atoms with Crippen molar-refractivity contribution < 1.29 is 9.59 Å². The number of carbonyl (C=O) groups is 2. The van der Waals surface area contributed by atoms with E-state index in [0.29, 0.717) is 6.54 Å². The van der Waals surface area contributed by atoms with E-state index in [4.69, 9.17) is 5.73 Å². The molecule has 0 radical (unpaired) electrons. The fourth-order valence-electron chi connectivity index (χ4n) is 4.27. The SMILES string of the molecule is CC1Cc2ccccc2N1C(=O)C1CCCCC1C(=O)NCC(C)(C)N. The number of nitrogens with one attached hydrogen (secondary N) is 1. The van der Waals surface area contributed by atoms with Crippen molar-refractivity contribution in [3.63, 3.8) is 0 Å². The molecule has 1 saturated carbocycles. The number of benzene rings is 1. The molecule has 3 rings (SSSR count). The Kier molecular flexibility index (Phi) is 5.37. The number of nitrogens with two attached hydrogens (primary N) is 1. The Hall–Kier alpha value is -1.88. The highest BCUT2D eigenvalue weighted by Gasteiger charge is 2.41. The Morgan fingerprint density at radius 1 is 1.19 bits per heavy atom. The summed E-state index contributed by atoms with van der Waals surface area (Å²) in [6, 6.07) is 8.25. The fourth-order valence-corrected chi connectivity index (χ4v) is 4.27. The fraction of sp³-hybridized carbons (Fsp3) is 0.619. The summed E-state index contributed by atoms with van der Waals surface area (Å²) in [6.45, 7) is 6.29. The number of anilines is 1. The van der Waals surface area contributed by atoms with Crippen LogP contribution in [0.2, 0.25) is 0 Å². The van der Waals surface area contributed by atoms with E-state index >= 15 is 0 Å². The van der Waals surface area contributed by atoms with E-state index in [1.807, 2.05) is 36.9 Å². The van der Waals surface area contributed by atoms with Crippen molar-refractivity contribution >= 4 is 17.5 Å². The molecule has 5 nitrogen and oxygen atoms in total. The molecule has 1 aliphatic heterocycles. The lowest BCUT2D eigenvalue weighted by atomic mass is 9.77. The van der Waals surface area contributed by atoms with E-state index in [0.717, 1.165) is 37.8 Å². The van der Waals surface area contributed by atoms with Crippen molar-refractivity contribution in [2.45, 2.75) is 64.5 Å². The zero-order valence-corrected chi connectivity index (χ0v) is 16.1. The molecule has 2 amide bonds. The topological polar surface area (TPSA) is 75.4 Å². The molecule has 0 bridgehead atoms. The van der Waals surface area contributed by atoms with Crippen LogP contribution in [-0.4, -0.2) is 29.9 Å². The molecule has 3 unspecified atom stereocenters. The predicted octanol–water partition coefficient (Wildman–Crippen LogP) is 2.62. The van der Waals surface area contributed by atoms with Gasteiger partial charge in [-0.05, 0) is 51.7 Å². The first kappa shape index (κ1) is 18.9. The third-order valence-corrected chi connectivity index (χ3v) is 5.58. The molecular weight excluding hydrogens is 326 g/mol. The second-order valence-electron chi connectivity index (χ2n) is 8.59. The normalized spacial score (nSPS) is 25.7. The number of amides is 2. The smallest absolute Gasteiger partial charge is 0.231 e. The van der Waals surface area contributed by atoms with Gasteiger partial charge in [0.05, 0.1) is 5.92 Å². The van der Waals surface area contributed by atoms with Gasteiger partial charge in [0.15, 0.2) is 0 Å². The molecule has 0 spiro atoms. The first-order chi connectivity index (χ1) is 12.3. The minimum Gasteiger partial charge on any atom is -0.354 e. The molecular formula is C21H31N3O2. The zero-order valence-electron chi connectivity index (χ0n) is 16.1. The average molecular weight is 357 g/mol. The Balaban J connectivity index is 1.77. The molecule has 3 N–H and O–H groups in total. The van der Waals surface area contributed by atoms with Crippen LogP contribution in [0.25, 0.3) is 0 Å². The van der Waals surface area contributed by atoms with Crippen LogP contribution in [0.5, 0.6) is 0 Å². The molecule has 1 aromatic carbocycles. The van der Waals surface area contributed by atoms with Crippen LogP contribution in [0.4, 0.5) is 5.69 Å². The van der Waals surface area contributed by atoms with Crippen LogP contribution < -0.4 is 16.0 Å². The van der Waals surface area contributed by atoms with Crippen LogP contribution in [0.1, 0.15) is 52.0 Å². The van der Waals surface area contributed by atoms with E-state index < -0.39 is 5.54 Å². The van der Waals surface area contributed by atoms with E-state index in [9.17, 15) is 9.59 Å². The first-order valence-electron chi connectivity index (χ1n) is 9.75. The summed E-state index contributed by atoms with van der Waals surface area (Å²) in [7, 11) is 0. The third kappa shape index (κ3) is 3.93. The number of hydrogen-bond acceptors (Lipinski definition) is 3. The summed E-state index contributed by atoms with van der Waals surface area (Å²) in [4.78, 5) is 28.1. The number of fused-ring (bicyclic) bond motifs is 1. The molecule has 142 valence electrons. The van der Waals surface area contributed by atoms with E-state index in [-0.39, 0.29) is 29.7 Å². The van der Waals surface area contributed by atoms with Crippen LogP contribution in [-0.2, 0) is 16.0 Å². The number of para-hydroxylation sites is 1. The van der Waals surface area contributed by atoms with Gasteiger partial charge in [-0.1, -0.05) is 31.0 Å². The van der Waals surface area contributed by atoms with Gasteiger partial charge in [-0.15, -0.1) is 0 Å². The molecule has 1 aromatic rings. The Labute approximate surface area is 156 Å². The van der Waals surface area contributed by atoms with Gasteiger partial charge < -0.3 is 16.0 Å². The predicted molar refractivity (Wildman–Crippen MR) is 104 cm³/mol. The lowest BCUT2D eigenvalue weighted by Crippen LogP contribution is -2.50. The van der Waals surface area contributed by atoms with Crippen molar-refractivity contribution in [3.8, 4) is 0 Å². The summed E-state index contributed by atoms with van der Waals surface area (Å²) in [5, 5.41) is 2.96. The zero-order chi connectivity index (χ0) is 18.9. The Bertz CT molecular complexity index is 680. The highest BCUT2D eigenvalue weighted by Crippen LogP contribution is 2.38. The summed E-state index contributed by atoms with van der Waals surface area (Å²) >= 11 is 0. The van der Waals surface area contributed by atoms with Crippen molar-refractivity contribution in [2.24, 2.45) is 17.6 Å². The summed E-state index contributed by atoms with van der Waals surface area (Å²) in [5.74, 6) is -0.409. The molecule has 1 fully saturated rings. The number of rotatable bonds is 4. The van der Waals surface area contributed by atoms with Crippen molar-refractivity contribution in [2.75, 3.05) is 11.4 Å². The van der Waals surface area contributed by atoms with Crippen molar-refractivity contribution in [1.82, 2.24) is 5.32 Å². The van der Waals surface area contributed by atoms with Gasteiger partial charge in [0.2, 0.25) is 11.8 Å². The first-order valence-corrected chi connectivity index (χ1v) is 9.75. The van der Waals surface area contributed by atoms with Gasteiger partial charge in [0.1, 0.15) is 0 Å². The van der Waals surface area contributed by atoms with Gasteiger partial charge in [0, 0.05) is 29.7 Å². The molecule has 3 atom stereocenters. The number of carbonyl (C=O) groups excluding carboxylic acids is 2. The summed E-state index contributed by atoms with van der Waals surface area (Å²) in [5.41, 5.74) is 7.77. The van der Waals surface area contributed by atoms with E-state index in [1.54, 1.807) is 0 Å². The van der Waals surface area contributed by atoms with Crippen LogP contribution >= 0.6 is 0 Å². The van der Waals surface area contributed by atoms with Gasteiger partial charge in [-0.25, -0.2) is 0 Å². The third-order valence-electron chi connectivity index (χ3n) is 5.58. The van der Waals surface area contributed by atoms with Gasteiger partial charge in [-0.3, -0.25) is 9.59 Å². The molecule has 0 saturated heterocycles. The molecule has 1 heterocycles. The minimum atomic E-state index is -0.452. The summed E-state index contributed by atoms with van der Waals surface area (Å²) < 4.78 is 0. The van der Waals surface area contributed by atoms with Crippen molar-refractivity contribution in [3.05, 3.63) is 29.8 Å². The Morgan fingerprint density at radius 3 is 2.54 bits per heavy atom. The molecule has 26 heavy (non-hydrogen) atoms. The quantitative estimate of drug-likeness (QED) is 0.870. The van der Waals surface area contributed by atoms with E-state index in [2.05, 4.69) is 18.3 Å². The monoisotopic (exact) mass is 357 g/mol. The van der Waals surface area contributed by atoms with Gasteiger partial charge >= 0.3 is 0 Å². The van der Waals surface area contributed by atoms with Crippen LogP contribution in [0, 0.1) is 11.8 Å². The standard InChI is InChI=1S/C21H31N3O2/c1-14-12-15-8-4-7-11-18(15)24(14)20(26)17-10-6-5-9-16(17)19(25)23-13-21(2,3)22/h4,7-8,11,14,16-17H,5-6,9-10,12-13,22H2,1-3H3,(H,23,25). The molecule has 0 aromatic heterocycles. The lowest BCUT2D eigenvalue weighted by Gasteiger charge is -2.35. The summed E-state index contributed by atoms with van der Waals surface area (Å²) in [6.07, 6.45) is 4.45. The maximum Gasteiger partial charge on any atom is 0.231 e. The van der Waals surface area contributed by atoms with Crippen LogP contribution in [0.15, 0.2) is 24.3 Å². The van der Waals surface area contributed by atoms with Crippen LogP contribution in [0.3, 0.4) is 0 Å². The van der Waals surface area contributed by atoms with Gasteiger partial charge in [0.25, 0.3) is 0 Å². The number of nitrogens with zero attached hydrogens (tertiary/aromatic N) is 1. The largest absolute Gasteiger partial charge is 0.354 e.